The van der Waals surface area contributed by atoms with Crippen molar-refractivity contribution in [3.05, 3.63) is 120 Å². The van der Waals surface area contributed by atoms with Crippen LogP contribution in [0.4, 0.5) is 0 Å². The summed E-state index contributed by atoms with van der Waals surface area (Å²) in [5.41, 5.74) is 8.31. The molecule has 4 aromatic carbocycles. The summed E-state index contributed by atoms with van der Waals surface area (Å²) < 4.78 is 5.32. The van der Waals surface area contributed by atoms with Crippen LogP contribution >= 0.6 is 0 Å². The number of ether oxygens (including phenoxy) is 1. The van der Waals surface area contributed by atoms with E-state index < -0.39 is 53.8 Å². The summed E-state index contributed by atoms with van der Waals surface area (Å²) >= 11 is 0. The Hall–Kier alpha value is -5.55. The average molecular weight is 693 g/mol. The smallest absolute Gasteiger partial charge is 0.338 e. The Labute approximate surface area is 297 Å². The fraction of sp³-hybridized carbons (Fsp3) is 0.325. The van der Waals surface area contributed by atoms with Crippen LogP contribution in [0, 0.1) is 0 Å². The van der Waals surface area contributed by atoms with Crippen LogP contribution in [0.15, 0.2) is 103 Å². The van der Waals surface area contributed by atoms with Gasteiger partial charge in [0.2, 0.25) is 17.7 Å². The third-order valence-electron chi connectivity index (χ3n) is 9.09. The molecule has 5 N–H and O–H groups in total. The second-order valence-electron chi connectivity index (χ2n) is 12.8. The summed E-state index contributed by atoms with van der Waals surface area (Å²) in [6.07, 6.45) is 2.44. The van der Waals surface area contributed by atoms with Crippen molar-refractivity contribution < 1.29 is 33.8 Å². The molecule has 4 aromatic rings. The van der Waals surface area contributed by atoms with Crippen molar-refractivity contribution in [3.8, 4) is 0 Å². The molecular formula is C40H44N4O7. The van der Waals surface area contributed by atoms with Gasteiger partial charge >= 0.3 is 11.9 Å². The minimum Gasteiger partial charge on any atom is -0.480 e. The van der Waals surface area contributed by atoms with Crippen LogP contribution in [0.3, 0.4) is 0 Å². The number of hydrogen-bond donors (Lipinski definition) is 4. The zero-order valence-electron chi connectivity index (χ0n) is 28.4. The first kappa shape index (κ1) is 36.7. The molecule has 1 aliphatic rings. The number of carboxylic acid groups (broad SMARTS) is 1. The summed E-state index contributed by atoms with van der Waals surface area (Å²) in [6.45, 7) is 0.445. The molecule has 1 saturated heterocycles. The van der Waals surface area contributed by atoms with Crippen molar-refractivity contribution >= 4 is 40.4 Å². The van der Waals surface area contributed by atoms with E-state index in [1.807, 2.05) is 78.9 Å². The molecule has 51 heavy (non-hydrogen) atoms. The van der Waals surface area contributed by atoms with Crippen molar-refractivity contribution in [1.82, 2.24) is 15.5 Å². The first-order chi connectivity index (χ1) is 24.7. The Kier molecular flexibility index (Phi) is 12.9. The predicted molar refractivity (Wildman–Crippen MR) is 193 cm³/mol. The molecule has 5 rings (SSSR count). The van der Waals surface area contributed by atoms with E-state index >= 15 is 0 Å². The van der Waals surface area contributed by atoms with E-state index in [0.29, 0.717) is 37.7 Å². The summed E-state index contributed by atoms with van der Waals surface area (Å²) in [7, 11) is 0. The molecule has 1 aliphatic heterocycles. The molecule has 0 saturated carbocycles. The number of hydrogen-bond acceptors (Lipinski definition) is 7. The lowest BCUT2D eigenvalue weighted by Crippen LogP contribution is -2.58. The van der Waals surface area contributed by atoms with Crippen LogP contribution < -0.4 is 16.4 Å². The lowest BCUT2D eigenvalue weighted by atomic mass is 9.99. The van der Waals surface area contributed by atoms with Gasteiger partial charge in [-0.05, 0) is 66.1 Å². The number of aliphatic carboxylic acids is 1. The average Bonchev–Trinajstić information content (AvgIpc) is 3.65. The number of esters is 1. The Balaban J connectivity index is 1.28. The lowest BCUT2D eigenvalue weighted by molar-refractivity contribution is -0.149. The summed E-state index contributed by atoms with van der Waals surface area (Å²) in [5.74, 6) is -3.12. The predicted octanol–water partition coefficient (Wildman–Crippen LogP) is 4.02. The number of nitrogens with one attached hydrogen (secondary N) is 2. The van der Waals surface area contributed by atoms with E-state index in [4.69, 9.17) is 10.5 Å². The number of carbonyl (C=O) groups is 5. The maximum absolute atomic E-state index is 14.1. The normalized spacial score (nSPS) is 15.8. The first-order valence-corrected chi connectivity index (χ1v) is 17.3. The van der Waals surface area contributed by atoms with Crippen LogP contribution in [0.25, 0.3) is 10.8 Å². The highest BCUT2D eigenvalue weighted by Gasteiger charge is 2.38. The Morgan fingerprint density at radius 2 is 1.41 bits per heavy atom. The number of nitrogens with zero attached hydrogens (tertiary/aromatic N) is 1. The molecule has 1 heterocycles. The van der Waals surface area contributed by atoms with E-state index in [1.165, 1.54) is 4.90 Å². The second-order valence-corrected chi connectivity index (χ2v) is 12.8. The molecule has 11 nitrogen and oxygen atoms in total. The van der Waals surface area contributed by atoms with Gasteiger partial charge in [-0.3, -0.25) is 14.4 Å². The highest BCUT2D eigenvalue weighted by atomic mass is 16.5. The van der Waals surface area contributed by atoms with E-state index in [1.54, 1.807) is 24.3 Å². The van der Waals surface area contributed by atoms with Gasteiger partial charge in [0.05, 0.1) is 18.2 Å². The van der Waals surface area contributed by atoms with E-state index in [-0.39, 0.29) is 26.0 Å². The summed E-state index contributed by atoms with van der Waals surface area (Å²) in [4.78, 5) is 66.8. The number of benzene rings is 4. The zero-order chi connectivity index (χ0) is 36.2. The Morgan fingerprint density at radius 3 is 2.14 bits per heavy atom. The monoisotopic (exact) mass is 692 g/mol. The lowest BCUT2D eigenvalue weighted by Gasteiger charge is -2.29. The number of unbranched alkanes of at least 4 members (excludes halogenated alkanes) is 1. The number of amides is 3. The highest BCUT2D eigenvalue weighted by Crippen LogP contribution is 2.21. The first-order valence-electron chi connectivity index (χ1n) is 17.3. The molecule has 0 bridgehead atoms. The zero-order valence-corrected chi connectivity index (χ0v) is 28.4. The quantitative estimate of drug-likeness (QED) is 0.101. The molecule has 0 aliphatic carbocycles. The number of carbonyl (C=O) groups excluding carboxylic acids is 4. The van der Waals surface area contributed by atoms with Crippen molar-refractivity contribution in [2.45, 2.75) is 69.1 Å². The van der Waals surface area contributed by atoms with Crippen molar-refractivity contribution in [2.24, 2.45) is 5.73 Å². The van der Waals surface area contributed by atoms with Gasteiger partial charge in [0.1, 0.15) is 18.1 Å². The Morgan fingerprint density at radius 1 is 0.765 bits per heavy atom. The van der Waals surface area contributed by atoms with E-state index in [0.717, 1.165) is 21.9 Å². The topological polar surface area (TPSA) is 168 Å². The second kappa shape index (κ2) is 17.9. The van der Waals surface area contributed by atoms with Gasteiger partial charge in [-0.2, -0.15) is 0 Å². The van der Waals surface area contributed by atoms with Gasteiger partial charge in [-0.15, -0.1) is 0 Å². The summed E-state index contributed by atoms with van der Waals surface area (Å²) in [6, 6.07) is 27.3. The molecule has 0 aromatic heterocycles. The van der Waals surface area contributed by atoms with E-state index in [2.05, 4.69) is 10.6 Å². The van der Waals surface area contributed by atoms with Gasteiger partial charge < -0.3 is 31.1 Å². The summed E-state index contributed by atoms with van der Waals surface area (Å²) in [5, 5.41) is 17.4. The van der Waals surface area contributed by atoms with Gasteiger partial charge in [0, 0.05) is 19.4 Å². The van der Waals surface area contributed by atoms with Gasteiger partial charge in [-0.1, -0.05) is 91.0 Å². The van der Waals surface area contributed by atoms with Crippen LogP contribution in [-0.2, 0) is 36.8 Å². The van der Waals surface area contributed by atoms with Crippen LogP contribution in [0.5, 0.6) is 0 Å². The fourth-order valence-corrected chi connectivity index (χ4v) is 6.32. The fourth-order valence-electron chi connectivity index (χ4n) is 6.32. The third-order valence-corrected chi connectivity index (χ3v) is 9.09. The van der Waals surface area contributed by atoms with Gasteiger partial charge in [0.15, 0.2) is 0 Å². The standard InChI is InChI=1S/C40H44N4O7/c41-32(18-9-10-23-51-40(50)30-15-5-2-6-16-30)36(45)42-33(26-28-20-21-29-14-7-8-17-31(29)24-28)37(46)43-34(25-27-12-3-1-4-13-27)38(47)44-22-11-19-35(44)39(48)49/h1-8,12-17,20-21,24,32-35H,9-11,18-19,22-23,25-26,41H2,(H,42,45)(H,43,46)(H,48,49)/t32-,33+,34-,35+/m0/s1. The highest BCUT2D eigenvalue weighted by molar-refractivity contribution is 5.95. The van der Waals surface area contributed by atoms with Gasteiger partial charge in [0.25, 0.3) is 0 Å². The van der Waals surface area contributed by atoms with Crippen LogP contribution in [0.2, 0.25) is 0 Å². The number of likely N-dealkylation sites (tertiary alicyclic amines) is 1. The van der Waals surface area contributed by atoms with Crippen LogP contribution in [-0.4, -0.2) is 77.0 Å². The van der Waals surface area contributed by atoms with Gasteiger partial charge in [-0.25, -0.2) is 9.59 Å². The molecule has 1 fully saturated rings. The number of rotatable bonds is 16. The SMILES string of the molecule is N[C@@H](CCCCOC(=O)c1ccccc1)C(=O)N[C@H](Cc1ccc2ccccc2c1)C(=O)N[C@@H](Cc1ccccc1)C(=O)N1CCC[C@@H]1C(=O)O. The molecule has 0 spiro atoms. The maximum Gasteiger partial charge on any atom is 0.338 e. The molecule has 11 heteroatoms. The number of carboxylic acids is 1. The van der Waals surface area contributed by atoms with Crippen molar-refractivity contribution in [2.75, 3.05) is 13.2 Å². The minimum atomic E-state index is -1.09. The molecule has 4 atom stereocenters. The van der Waals surface area contributed by atoms with Crippen molar-refractivity contribution in [3.63, 3.8) is 0 Å². The molecule has 0 radical (unpaired) electrons. The Bertz CT molecular complexity index is 1820. The number of fused-ring (bicyclic) bond motifs is 1. The van der Waals surface area contributed by atoms with E-state index in [9.17, 15) is 29.1 Å². The molecular weight excluding hydrogens is 648 g/mol. The van der Waals surface area contributed by atoms with Crippen LogP contribution in [0.1, 0.15) is 53.6 Å². The van der Waals surface area contributed by atoms with Crippen molar-refractivity contribution in [1.29, 1.82) is 0 Å². The largest absolute Gasteiger partial charge is 0.480 e. The third kappa shape index (κ3) is 10.2. The minimum absolute atomic E-state index is 0.123. The molecule has 0 unspecified atom stereocenters. The maximum atomic E-state index is 14.1. The molecule has 3 amide bonds. The molecule has 266 valence electrons. The number of nitrogens with two attached hydrogens (primary N) is 1.